The minimum atomic E-state index is -5.59. The van der Waals surface area contributed by atoms with Gasteiger partial charge in [-0.1, -0.05) is 25.6 Å². The molecule has 338 valence electrons. The third-order valence-electron chi connectivity index (χ3n) is 9.24. The fourth-order valence-electron chi connectivity index (χ4n) is 6.08. The lowest BCUT2D eigenvalue weighted by atomic mass is 9.87. The van der Waals surface area contributed by atoms with Crippen LogP contribution in [0.25, 0.3) is 11.2 Å². The molecule has 0 aromatic carbocycles. The Kier molecular flexibility index (Phi) is 17.5. The summed E-state index contributed by atoms with van der Waals surface area (Å²) >= 11 is 0.923. The number of nitrogens with one attached hydrogen (secondary N) is 2. The SMILES string of the molecule is CN1CCCC1CC(=O)CC(=O)SCCNC(=O)CCNC(=O)C(O)C(C)(C)COP(=O)(O)OP(=O)(O)OCC1OC(n2cnc3c(N)ncnc32)C(O)C1OP(=O)(O)O. The number of likely N-dealkylation sites (tertiary alicyclic amines) is 1. The molecule has 2 aromatic heterocycles. The summed E-state index contributed by atoms with van der Waals surface area (Å²) in [7, 11) is -14.5. The van der Waals surface area contributed by atoms with Crippen LogP contribution in [-0.4, -0.2) is 153 Å². The lowest BCUT2D eigenvalue weighted by Gasteiger charge is -2.30. The molecule has 2 aliphatic rings. The number of aromatic nitrogens is 4. The van der Waals surface area contributed by atoms with Crippen molar-refractivity contribution in [2.24, 2.45) is 5.41 Å². The first-order valence-electron chi connectivity index (χ1n) is 18.1. The number of thioether (sulfide) groups is 1. The Hall–Kier alpha value is -2.81. The number of imidazole rings is 1. The summed E-state index contributed by atoms with van der Waals surface area (Å²) < 4.78 is 62.2. The predicted octanol–water partition coefficient (Wildman–Crippen LogP) is -0.892. The van der Waals surface area contributed by atoms with E-state index in [9.17, 15) is 62.7 Å². The van der Waals surface area contributed by atoms with Gasteiger partial charge in [0.15, 0.2) is 22.8 Å². The van der Waals surface area contributed by atoms with Crippen LogP contribution in [0.1, 0.15) is 52.2 Å². The van der Waals surface area contributed by atoms with Gasteiger partial charge in [0.2, 0.25) is 11.8 Å². The van der Waals surface area contributed by atoms with Gasteiger partial charge in [-0.2, -0.15) is 4.31 Å². The Morgan fingerprint density at radius 2 is 1.77 bits per heavy atom. The smallest absolute Gasteiger partial charge is 0.386 e. The van der Waals surface area contributed by atoms with E-state index >= 15 is 0 Å². The predicted molar refractivity (Wildman–Crippen MR) is 207 cm³/mol. The lowest BCUT2D eigenvalue weighted by Crippen LogP contribution is -2.46. The van der Waals surface area contributed by atoms with Gasteiger partial charge in [-0.05, 0) is 26.4 Å². The molecule has 0 aliphatic carbocycles. The zero-order chi connectivity index (χ0) is 44.6. The van der Waals surface area contributed by atoms with Crippen molar-refractivity contribution in [3.8, 4) is 0 Å². The van der Waals surface area contributed by atoms with Crippen LogP contribution in [0.3, 0.4) is 0 Å². The number of fused-ring (bicyclic) bond motifs is 1. The molecular formula is C30H49N8O18P3S. The van der Waals surface area contributed by atoms with Gasteiger partial charge in [0.1, 0.15) is 42.0 Å². The van der Waals surface area contributed by atoms with Crippen molar-refractivity contribution in [3.05, 3.63) is 12.7 Å². The number of amides is 2. The number of hydrogen-bond donors (Lipinski definition) is 9. The van der Waals surface area contributed by atoms with E-state index in [4.69, 9.17) is 19.5 Å². The minimum Gasteiger partial charge on any atom is -0.386 e. The van der Waals surface area contributed by atoms with Crippen molar-refractivity contribution in [1.29, 1.82) is 0 Å². The molecule has 2 amide bonds. The van der Waals surface area contributed by atoms with E-state index in [2.05, 4.69) is 39.3 Å². The maximum Gasteiger partial charge on any atom is 0.481 e. The number of Topliss-reactive ketones (excluding diaryl/α,β-unsaturated/α-hetero) is 1. The van der Waals surface area contributed by atoms with Crippen molar-refractivity contribution < 1.29 is 85.3 Å². The molecule has 8 atom stereocenters. The van der Waals surface area contributed by atoms with Crippen molar-refractivity contribution in [3.63, 3.8) is 0 Å². The average molecular weight is 935 g/mol. The molecule has 0 spiro atoms. The summed E-state index contributed by atoms with van der Waals surface area (Å²) in [5.41, 5.74) is 4.23. The standard InChI is InChI=1S/C30H49N8O18P3S/c1-30(2,25(43)28(44)33-7-6-20(40)32-8-10-60-21(41)12-18(39)11-17-5-4-9-37(17)3)14-53-59(50,51)56-58(48,49)52-13-19-24(55-57(45,46)47)23(42)29(54-19)38-16-36-22-26(31)34-15-35-27(22)38/h15-17,19,23-25,29,42-43H,4-14H2,1-3H3,(H,32,40)(H,33,44)(H,48,49)(H,50,51)(H2,31,34,35)(H2,45,46,47). The molecule has 10 N–H and O–H groups in total. The lowest BCUT2D eigenvalue weighted by molar-refractivity contribution is -0.137. The summed E-state index contributed by atoms with van der Waals surface area (Å²) in [6.45, 7) is 1.24. The number of nitrogen functional groups attached to an aromatic ring is 1. The van der Waals surface area contributed by atoms with E-state index in [0.29, 0.717) is 6.42 Å². The highest BCUT2D eigenvalue weighted by Crippen LogP contribution is 2.61. The van der Waals surface area contributed by atoms with Gasteiger partial charge in [0.25, 0.3) is 0 Å². The van der Waals surface area contributed by atoms with Crippen LogP contribution in [0.4, 0.5) is 5.82 Å². The number of nitrogens with two attached hydrogens (primary N) is 1. The highest BCUT2D eigenvalue weighted by atomic mass is 32.2. The maximum atomic E-state index is 12.7. The fourth-order valence-corrected chi connectivity index (χ4v) is 9.60. The Balaban J connectivity index is 1.18. The summed E-state index contributed by atoms with van der Waals surface area (Å²) in [6, 6.07) is 0.151. The first kappa shape index (κ1) is 49.8. The molecule has 8 unspecified atom stereocenters. The summed E-state index contributed by atoms with van der Waals surface area (Å²) in [4.78, 5) is 102. The molecule has 4 heterocycles. The summed E-state index contributed by atoms with van der Waals surface area (Å²) in [6.07, 6.45) is -4.96. The van der Waals surface area contributed by atoms with Crippen LogP contribution in [0.15, 0.2) is 12.7 Å². The number of anilines is 1. The fraction of sp³-hybridized carbons (Fsp3) is 0.700. The number of aliphatic hydroxyl groups excluding tert-OH is 2. The highest BCUT2D eigenvalue weighted by molar-refractivity contribution is 8.13. The van der Waals surface area contributed by atoms with Gasteiger partial charge < -0.3 is 55.8 Å². The monoisotopic (exact) mass is 934 g/mol. The van der Waals surface area contributed by atoms with E-state index in [-0.39, 0.29) is 65.6 Å². The van der Waals surface area contributed by atoms with Crippen molar-refractivity contribution in [2.75, 3.05) is 51.4 Å². The molecule has 26 nitrogen and oxygen atoms in total. The number of ketones is 1. The third-order valence-corrected chi connectivity index (χ3v) is 13.2. The molecule has 2 aliphatic heterocycles. The van der Waals surface area contributed by atoms with E-state index < -0.39 is 84.6 Å². The van der Waals surface area contributed by atoms with Gasteiger partial charge in [-0.3, -0.25) is 37.3 Å². The van der Waals surface area contributed by atoms with Gasteiger partial charge in [0, 0.05) is 43.1 Å². The Morgan fingerprint density at radius 1 is 1.07 bits per heavy atom. The molecule has 60 heavy (non-hydrogen) atoms. The minimum absolute atomic E-state index is 0.0249. The zero-order valence-corrected chi connectivity index (χ0v) is 36.0. The second-order valence-corrected chi connectivity index (χ2v) is 19.9. The average Bonchev–Trinajstić information content (AvgIpc) is 3.84. The quantitative estimate of drug-likeness (QED) is 0.0371. The number of nitrogens with zero attached hydrogens (tertiary/aromatic N) is 5. The normalized spacial score (nSPS) is 23.9. The highest BCUT2D eigenvalue weighted by Gasteiger charge is 2.50. The van der Waals surface area contributed by atoms with Crippen molar-refractivity contribution >= 4 is 74.9 Å². The van der Waals surface area contributed by atoms with E-state index in [1.54, 1.807) is 0 Å². The maximum absolute atomic E-state index is 12.7. The van der Waals surface area contributed by atoms with Crippen LogP contribution in [0.2, 0.25) is 0 Å². The largest absolute Gasteiger partial charge is 0.481 e. The van der Waals surface area contributed by atoms with Gasteiger partial charge in [0.05, 0.1) is 26.0 Å². The van der Waals surface area contributed by atoms with Crippen LogP contribution in [0, 0.1) is 5.41 Å². The molecule has 2 saturated heterocycles. The molecule has 2 aromatic rings. The molecule has 2 fully saturated rings. The molecule has 30 heteroatoms. The molecule has 0 bridgehead atoms. The zero-order valence-electron chi connectivity index (χ0n) is 32.5. The van der Waals surface area contributed by atoms with Crippen LogP contribution < -0.4 is 16.4 Å². The number of ether oxygens (including phenoxy) is 1. The summed E-state index contributed by atoms with van der Waals surface area (Å²) in [5, 5.41) is 26.1. The number of rotatable bonds is 23. The first-order valence-corrected chi connectivity index (χ1v) is 23.7. The van der Waals surface area contributed by atoms with E-state index in [0.717, 1.165) is 48.4 Å². The number of phosphoric ester groups is 3. The number of phosphoric acid groups is 3. The van der Waals surface area contributed by atoms with Crippen LogP contribution in [0.5, 0.6) is 0 Å². The Bertz CT molecular complexity index is 2010. The van der Waals surface area contributed by atoms with Gasteiger partial charge in [-0.15, -0.1) is 0 Å². The number of aliphatic hydroxyl groups is 2. The van der Waals surface area contributed by atoms with E-state index in [1.807, 2.05) is 7.05 Å². The van der Waals surface area contributed by atoms with Crippen LogP contribution >= 0.6 is 35.2 Å². The topological polar surface area (TPSA) is 384 Å². The van der Waals surface area contributed by atoms with Crippen molar-refractivity contribution in [2.45, 2.75) is 82.6 Å². The second kappa shape index (κ2) is 21.0. The molecule has 4 rings (SSSR count). The summed E-state index contributed by atoms with van der Waals surface area (Å²) in [5.74, 6) is -1.44. The van der Waals surface area contributed by atoms with Gasteiger partial charge >= 0.3 is 23.5 Å². The molecule has 0 radical (unpaired) electrons. The first-order chi connectivity index (χ1) is 27.9. The Morgan fingerprint density at radius 3 is 2.43 bits per heavy atom. The molecule has 0 saturated carbocycles. The number of carbonyl (C=O) groups excluding carboxylic acids is 4. The number of hydrogen-bond acceptors (Lipinski definition) is 20. The Labute approximate surface area is 346 Å². The second-order valence-electron chi connectivity index (χ2n) is 14.5. The molecular weight excluding hydrogens is 885 g/mol. The third kappa shape index (κ3) is 14.6. The van der Waals surface area contributed by atoms with E-state index in [1.165, 1.54) is 13.8 Å². The van der Waals surface area contributed by atoms with Crippen LogP contribution in [-0.2, 0) is 55.5 Å². The van der Waals surface area contributed by atoms with Crippen molar-refractivity contribution in [1.82, 2.24) is 35.1 Å². The van der Waals surface area contributed by atoms with Gasteiger partial charge in [-0.25, -0.2) is 28.6 Å². The number of carbonyl (C=O) groups is 4.